The Morgan fingerprint density at radius 2 is 2.05 bits per heavy atom. The van der Waals surface area contributed by atoms with Crippen molar-refractivity contribution in [2.75, 3.05) is 5.32 Å². The van der Waals surface area contributed by atoms with E-state index in [0.29, 0.717) is 5.56 Å². The molecule has 3 aromatic rings. The van der Waals surface area contributed by atoms with E-state index in [1.807, 2.05) is 25.1 Å². The van der Waals surface area contributed by atoms with Gasteiger partial charge in [0, 0.05) is 10.9 Å². The number of H-pyrrole nitrogens is 1. The molecule has 2 aromatic carbocycles. The first-order valence-electron chi connectivity index (χ1n) is 6.35. The summed E-state index contributed by atoms with van der Waals surface area (Å²) in [5.41, 5.74) is 2.45. The second kappa shape index (κ2) is 4.77. The van der Waals surface area contributed by atoms with Gasteiger partial charge < -0.3 is 15.5 Å². The molecule has 5 nitrogen and oxygen atoms in total. The van der Waals surface area contributed by atoms with Gasteiger partial charge in [-0.25, -0.2) is 0 Å². The summed E-state index contributed by atoms with van der Waals surface area (Å²) in [6.45, 7) is 1.92. The number of benzene rings is 2. The third kappa shape index (κ3) is 2.14. The first-order valence-corrected chi connectivity index (χ1v) is 6.35. The standard InChI is InChI=1S/C15H15N3O2/c1-9(12-7-11(19)5-6-14(12)20)17-13-4-2-3-10-8-16-18-15(10)13/h2-9,17,19-20H,1H3,(H,16,18). The highest BCUT2D eigenvalue weighted by molar-refractivity contribution is 5.90. The summed E-state index contributed by atoms with van der Waals surface area (Å²) < 4.78 is 0. The van der Waals surface area contributed by atoms with Crippen molar-refractivity contribution in [3.8, 4) is 11.5 Å². The Morgan fingerprint density at radius 1 is 1.20 bits per heavy atom. The number of para-hydroxylation sites is 1. The number of aromatic amines is 1. The minimum Gasteiger partial charge on any atom is -0.508 e. The molecule has 5 heteroatoms. The van der Waals surface area contributed by atoms with Crippen LogP contribution < -0.4 is 5.32 Å². The highest BCUT2D eigenvalue weighted by Crippen LogP contribution is 2.31. The summed E-state index contributed by atoms with van der Waals surface area (Å²) in [5.74, 6) is 0.283. The maximum atomic E-state index is 9.89. The number of hydrogen-bond acceptors (Lipinski definition) is 4. The lowest BCUT2D eigenvalue weighted by Crippen LogP contribution is -2.07. The van der Waals surface area contributed by atoms with Crippen LogP contribution in [0.4, 0.5) is 5.69 Å². The van der Waals surface area contributed by atoms with E-state index in [1.165, 1.54) is 12.1 Å². The maximum absolute atomic E-state index is 9.89. The summed E-state index contributed by atoms with van der Waals surface area (Å²) in [6, 6.07) is 10.2. The van der Waals surface area contributed by atoms with Gasteiger partial charge in [-0.3, -0.25) is 5.10 Å². The minimum absolute atomic E-state index is 0.131. The smallest absolute Gasteiger partial charge is 0.121 e. The molecule has 0 amide bonds. The number of aromatic hydroxyl groups is 2. The first kappa shape index (κ1) is 12.3. The second-order valence-electron chi connectivity index (χ2n) is 4.75. The lowest BCUT2D eigenvalue weighted by Gasteiger charge is -2.17. The van der Waals surface area contributed by atoms with Gasteiger partial charge in [-0.2, -0.15) is 5.10 Å². The fourth-order valence-electron chi connectivity index (χ4n) is 2.29. The van der Waals surface area contributed by atoms with E-state index in [9.17, 15) is 10.2 Å². The first-order chi connectivity index (χ1) is 9.65. The lowest BCUT2D eigenvalue weighted by atomic mass is 10.1. The van der Waals surface area contributed by atoms with Crippen molar-refractivity contribution in [1.29, 1.82) is 0 Å². The third-order valence-electron chi connectivity index (χ3n) is 3.33. The van der Waals surface area contributed by atoms with Crippen LogP contribution in [-0.2, 0) is 0 Å². The number of aromatic nitrogens is 2. The number of nitrogens with one attached hydrogen (secondary N) is 2. The van der Waals surface area contributed by atoms with Crippen LogP contribution in [0.3, 0.4) is 0 Å². The molecule has 0 spiro atoms. The van der Waals surface area contributed by atoms with Crippen LogP contribution in [0.5, 0.6) is 11.5 Å². The van der Waals surface area contributed by atoms with Crippen LogP contribution >= 0.6 is 0 Å². The molecular formula is C15H15N3O2. The molecule has 1 heterocycles. The number of anilines is 1. The van der Waals surface area contributed by atoms with Crippen LogP contribution in [0.1, 0.15) is 18.5 Å². The van der Waals surface area contributed by atoms with E-state index < -0.39 is 0 Å². The molecule has 0 saturated carbocycles. The monoisotopic (exact) mass is 269 g/mol. The Balaban J connectivity index is 1.94. The molecule has 0 aliphatic carbocycles. The van der Waals surface area contributed by atoms with E-state index in [-0.39, 0.29) is 17.5 Å². The molecule has 0 radical (unpaired) electrons. The predicted octanol–water partition coefficient (Wildman–Crippen LogP) is 3.15. The molecule has 0 bridgehead atoms. The topological polar surface area (TPSA) is 81.2 Å². The van der Waals surface area contributed by atoms with Crippen molar-refractivity contribution in [2.45, 2.75) is 13.0 Å². The highest BCUT2D eigenvalue weighted by atomic mass is 16.3. The van der Waals surface area contributed by atoms with E-state index >= 15 is 0 Å². The van der Waals surface area contributed by atoms with Gasteiger partial charge >= 0.3 is 0 Å². The summed E-state index contributed by atoms with van der Waals surface area (Å²) in [4.78, 5) is 0. The largest absolute Gasteiger partial charge is 0.508 e. The zero-order valence-electron chi connectivity index (χ0n) is 11.0. The van der Waals surface area contributed by atoms with Gasteiger partial charge in [0.15, 0.2) is 0 Å². The van der Waals surface area contributed by atoms with Gasteiger partial charge in [0.1, 0.15) is 11.5 Å². The summed E-state index contributed by atoms with van der Waals surface area (Å²) in [7, 11) is 0. The van der Waals surface area contributed by atoms with Crippen LogP contribution in [-0.4, -0.2) is 20.4 Å². The van der Waals surface area contributed by atoms with Crippen molar-refractivity contribution in [2.24, 2.45) is 0 Å². The third-order valence-corrected chi connectivity index (χ3v) is 3.33. The summed E-state index contributed by atoms with van der Waals surface area (Å²) in [5, 5.41) is 30.7. The lowest BCUT2D eigenvalue weighted by molar-refractivity contribution is 0.451. The number of nitrogens with zero attached hydrogens (tertiary/aromatic N) is 1. The molecule has 0 aliphatic rings. The zero-order valence-corrected chi connectivity index (χ0v) is 11.0. The average Bonchev–Trinajstić information content (AvgIpc) is 2.91. The van der Waals surface area contributed by atoms with Crippen LogP contribution in [0.15, 0.2) is 42.6 Å². The molecule has 0 saturated heterocycles. The van der Waals surface area contributed by atoms with Gasteiger partial charge in [0.2, 0.25) is 0 Å². The quantitative estimate of drug-likeness (QED) is 0.551. The summed E-state index contributed by atoms with van der Waals surface area (Å²) in [6.07, 6.45) is 1.76. The van der Waals surface area contributed by atoms with Gasteiger partial charge in [-0.05, 0) is 31.2 Å². The molecule has 20 heavy (non-hydrogen) atoms. The molecule has 1 atom stereocenters. The fourth-order valence-corrected chi connectivity index (χ4v) is 2.29. The van der Waals surface area contributed by atoms with Crippen molar-refractivity contribution in [3.05, 3.63) is 48.2 Å². The zero-order chi connectivity index (χ0) is 14.1. The van der Waals surface area contributed by atoms with Crippen molar-refractivity contribution >= 4 is 16.6 Å². The molecule has 0 fully saturated rings. The van der Waals surface area contributed by atoms with E-state index in [2.05, 4.69) is 15.5 Å². The second-order valence-corrected chi connectivity index (χ2v) is 4.75. The molecule has 0 aliphatic heterocycles. The Bertz CT molecular complexity index is 752. The summed E-state index contributed by atoms with van der Waals surface area (Å²) >= 11 is 0. The van der Waals surface area contributed by atoms with Crippen LogP contribution in [0.2, 0.25) is 0 Å². The fraction of sp³-hybridized carbons (Fsp3) is 0.133. The minimum atomic E-state index is -0.156. The molecule has 3 rings (SSSR count). The van der Waals surface area contributed by atoms with Gasteiger partial charge in [0.05, 0.1) is 23.4 Å². The van der Waals surface area contributed by atoms with E-state index in [4.69, 9.17) is 0 Å². The van der Waals surface area contributed by atoms with Gasteiger partial charge in [-0.15, -0.1) is 0 Å². The van der Waals surface area contributed by atoms with Gasteiger partial charge in [-0.1, -0.05) is 12.1 Å². The predicted molar refractivity (Wildman–Crippen MR) is 77.9 cm³/mol. The molecular weight excluding hydrogens is 254 g/mol. The SMILES string of the molecule is CC(Nc1cccc2cn[nH]c12)c1cc(O)ccc1O. The number of phenolic OH excluding ortho intramolecular Hbond substituents is 2. The van der Waals surface area contributed by atoms with Crippen molar-refractivity contribution in [1.82, 2.24) is 10.2 Å². The number of rotatable bonds is 3. The number of phenols is 2. The molecule has 102 valence electrons. The van der Waals surface area contributed by atoms with Crippen molar-refractivity contribution < 1.29 is 10.2 Å². The molecule has 1 unspecified atom stereocenters. The van der Waals surface area contributed by atoms with Gasteiger partial charge in [0.25, 0.3) is 0 Å². The Labute approximate surface area is 115 Å². The highest BCUT2D eigenvalue weighted by Gasteiger charge is 2.13. The maximum Gasteiger partial charge on any atom is 0.121 e. The van der Waals surface area contributed by atoms with E-state index in [1.54, 1.807) is 12.3 Å². The number of hydrogen-bond donors (Lipinski definition) is 4. The van der Waals surface area contributed by atoms with Crippen molar-refractivity contribution in [3.63, 3.8) is 0 Å². The van der Waals surface area contributed by atoms with Crippen LogP contribution in [0.25, 0.3) is 10.9 Å². The van der Waals surface area contributed by atoms with E-state index in [0.717, 1.165) is 16.6 Å². The Kier molecular flexibility index (Phi) is 2.95. The molecule has 4 N–H and O–H groups in total. The average molecular weight is 269 g/mol. The Hall–Kier alpha value is -2.69. The normalized spacial score (nSPS) is 12.4. The number of fused-ring (bicyclic) bond motifs is 1. The molecule has 1 aromatic heterocycles. The Morgan fingerprint density at radius 3 is 2.90 bits per heavy atom. The van der Waals surface area contributed by atoms with Crippen LogP contribution in [0, 0.1) is 0 Å².